The molecule has 1 atom stereocenters. The minimum Gasteiger partial charge on any atom is -0.504 e. The van der Waals surface area contributed by atoms with Crippen LogP contribution in [0.1, 0.15) is 70.7 Å². The Bertz CT molecular complexity index is 2530. The number of carbonyl (C=O) groups excluding carboxylic acids is 2. The average molecular weight is 824 g/mol. The maximum Gasteiger partial charge on any atom is 0.416 e. The monoisotopic (exact) mass is 823 g/mol. The van der Waals surface area contributed by atoms with Crippen molar-refractivity contribution >= 4 is 34.9 Å². The summed E-state index contributed by atoms with van der Waals surface area (Å²) in [6, 6.07) is 7.27. The van der Waals surface area contributed by atoms with Crippen LogP contribution >= 0.6 is 11.6 Å². The van der Waals surface area contributed by atoms with Gasteiger partial charge in [-0.1, -0.05) is 24.6 Å². The molecule has 0 bridgehead atoms. The first kappa shape index (κ1) is 39.4. The van der Waals surface area contributed by atoms with Crippen molar-refractivity contribution in [2.24, 2.45) is 0 Å². The van der Waals surface area contributed by atoms with E-state index in [0.717, 1.165) is 35.3 Å². The first-order valence-electron chi connectivity index (χ1n) is 18.6. The zero-order valence-corrected chi connectivity index (χ0v) is 32.4. The SMILES string of the molecule is COC1CN(Cc2ccc(-c3nc4n(CC(=O)Nc5ccc(C(F)(F)F)cc5Cl)c5c(c(=O)n4n3)C3(CCN(C(=O)c4ncnc(C)c4O)CC3)CC5C)c(F)c2)C1. The second-order valence-electron chi connectivity index (χ2n) is 15.2. The molecule has 2 aliphatic heterocycles. The molecular formula is C39H38ClF4N9O5. The second kappa shape index (κ2) is 14.7. The number of piperidine rings is 1. The highest BCUT2D eigenvalue weighted by Crippen LogP contribution is 2.50. The number of aromatic hydroxyl groups is 1. The summed E-state index contributed by atoms with van der Waals surface area (Å²) in [5, 5.41) is 17.2. The van der Waals surface area contributed by atoms with E-state index in [9.17, 15) is 32.7 Å². The first-order chi connectivity index (χ1) is 27.6. The third-order valence-corrected chi connectivity index (χ3v) is 11.8. The Balaban J connectivity index is 1.16. The zero-order chi connectivity index (χ0) is 41.3. The van der Waals surface area contributed by atoms with Gasteiger partial charge in [-0.3, -0.25) is 19.3 Å². The van der Waals surface area contributed by atoms with Gasteiger partial charge in [0.15, 0.2) is 17.3 Å². The van der Waals surface area contributed by atoms with Crippen molar-refractivity contribution in [2.75, 3.05) is 38.6 Å². The number of aromatic nitrogens is 6. The van der Waals surface area contributed by atoms with Gasteiger partial charge in [-0.25, -0.2) is 14.4 Å². The van der Waals surface area contributed by atoms with Crippen LogP contribution in [0.15, 0.2) is 47.5 Å². The highest BCUT2D eigenvalue weighted by molar-refractivity contribution is 6.33. The molecule has 0 saturated carbocycles. The molecule has 19 heteroatoms. The van der Waals surface area contributed by atoms with Crippen LogP contribution < -0.4 is 10.9 Å². The van der Waals surface area contributed by atoms with Crippen molar-refractivity contribution in [3.8, 4) is 17.1 Å². The van der Waals surface area contributed by atoms with Gasteiger partial charge in [-0.15, -0.1) is 5.10 Å². The molecule has 58 heavy (non-hydrogen) atoms. The van der Waals surface area contributed by atoms with Gasteiger partial charge in [0.25, 0.3) is 11.5 Å². The molecule has 8 rings (SSSR count). The lowest BCUT2D eigenvalue weighted by molar-refractivity contribution is -0.137. The molecule has 5 aromatic rings. The van der Waals surface area contributed by atoms with Gasteiger partial charge in [-0.2, -0.15) is 22.7 Å². The highest BCUT2D eigenvalue weighted by Gasteiger charge is 2.49. The molecule has 2 saturated heterocycles. The molecule has 2 fully saturated rings. The number of benzene rings is 2. The summed E-state index contributed by atoms with van der Waals surface area (Å²) in [5.41, 5.74) is -0.501. The smallest absolute Gasteiger partial charge is 0.416 e. The van der Waals surface area contributed by atoms with Crippen LogP contribution in [0.3, 0.4) is 0 Å². The van der Waals surface area contributed by atoms with Crippen LogP contribution in [0.4, 0.5) is 23.2 Å². The third-order valence-electron chi connectivity index (χ3n) is 11.5. The topological polar surface area (TPSA) is 160 Å². The molecular weight excluding hydrogens is 786 g/mol. The third kappa shape index (κ3) is 6.96. The summed E-state index contributed by atoms with van der Waals surface area (Å²) in [6.45, 7) is 5.43. The highest BCUT2D eigenvalue weighted by atomic mass is 35.5. The lowest BCUT2D eigenvalue weighted by Gasteiger charge is -2.39. The lowest BCUT2D eigenvalue weighted by Crippen LogP contribution is -2.50. The molecule has 3 aliphatic rings. The van der Waals surface area contributed by atoms with E-state index >= 15 is 4.39 Å². The first-order valence-corrected chi connectivity index (χ1v) is 19.0. The number of likely N-dealkylation sites (tertiary alicyclic amines) is 2. The molecule has 5 heterocycles. The predicted molar refractivity (Wildman–Crippen MR) is 202 cm³/mol. The average Bonchev–Trinajstić information content (AvgIpc) is 3.72. The van der Waals surface area contributed by atoms with Gasteiger partial charge >= 0.3 is 6.18 Å². The van der Waals surface area contributed by atoms with Crippen molar-refractivity contribution < 1.29 is 37.0 Å². The number of fused-ring (bicyclic) bond motifs is 3. The van der Waals surface area contributed by atoms with Crippen LogP contribution in [0.25, 0.3) is 17.2 Å². The molecule has 1 spiro atoms. The van der Waals surface area contributed by atoms with Gasteiger partial charge in [0.05, 0.1) is 33.6 Å². The number of amides is 2. The molecule has 1 aliphatic carbocycles. The minimum absolute atomic E-state index is 0.0341. The maximum atomic E-state index is 15.8. The molecule has 3 aromatic heterocycles. The summed E-state index contributed by atoms with van der Waals surface area (Å²) < 4.78 is 63.7. The Hall–Kier alpha value is -5.46. The molecule has 1 unspecified atom stereocenters. The number of ether oxygens (including phenoxy) is 1. The van der Waals surface area contributed by atoms with Crippen molar-refractivity contribution in [1.82, 2.24) is 38.9 Å². The van der Waals surface area contributed by atoms with Crippen molar-refractivity contribution in [1.29, 1.82) is 0 Å². The number of nitrogens with zero attached hydrogens (tertiary/aromatic N) is 8. The van der Waals surface area contributed by atoms with Crippen molar-refractivity contribution in [3.63, 3.8) is 0 Å². The molecule has 14 nitrogen and oxygen atoms in total. The Kier molecular flexibility index (Phi) is 10.00. The van der Waals surface area contributed by atoms with Crippen LogP contribution in [-0.4, -0.2) is 95.2 Å². The van der Waals surface area contributed by atoms with Crippen LogP contribution in [-0.2, 0) is 34.2 Å². The number of nitrogens with one attached hydrogen (secondary N) is 1. The zero-order valence-electron chi connectivity index (χ0n) is 31.6. The Morgan fingerprint density at radius 2 is 1.84 bits per heavy atom. The molecule has 2 amide bonds. The number of alkyl halides is 3. The van der Waals surface area contributed by atoms with Gasteiger partial charge in [0.1, 0.15) is 18.7 Å². The van der Waals surface area contributed by atoms with Gasteiger partial charge < -0.3 is 24.6 Å². The van der Waals surface area contributed by atoms with Crippen LogP contribution in [0, 0.1) is 12.7 Å². The van der Waals surface area contributed by atoms with E-state index in [1.54, 1.807) is 35.6 Å². The molecule has 304 valence electrons. The minimum atomic E-state index is -4.64. The van der Waals surface area contributed by atoms with E-state index in [2.05, 4.69) is 30.3 Å². The fourth-order valence-electron chi connectivity index (χ4n) is 8.53. The van der Waals surface area contributed by atoms with Gasteiger partial charge in [-0.05, 0) is 68.0 Å². The fraction of sp³-hybridized carbons (Fsp3) is 0.410. The Labute approximate surface area is 333 Å². The summed E-state index contributed by atoms with van der Waals surface area (Å²) in [7, 11) is 1.65. The van der Waals surface area contributed by atoms with E-state index in [1.165, 1.54) is 12.4 Å². The molecule has 0 radical (unpaired) electrons. The number of aryl methyl sites for hydroxylation is 1. The van der Waals surface area contributed by atoms with Gasteiger partial charge in [0, 0.05) is 56.5 Å². The number of rotatable bonds is 8. The largest absolute Gasteiger partial charge is 0.504 e. The summed E-state index contributed by atoms with van der Waals surface area (Å²) in [6.07, 6.45) is -2.11. The Morgan fingerprint density at radius 1 is 1.10 bits per heavy atom. The Morgan fingerprint density at radius 3 is 2.52 bits per heavy atom. The number of anilines is 1. The summed E-state index contributed by atoms with van der Waals surface area (Å²) in [4.78, 5) is 58.1. The van der Waals surface area contributed by atoms with E-state index < -0.39 is 46.9 Å². The summed E-state index contributed by atoms with van der Waals surface area (Å²) >= 11 is 6.17. The second-order valence-corrected chi connectivity index (χ2v) is 15.6. The van der Waals surface area contributed by atoms with Crippen molar-refractivity contribution in [2.45, 2.75) is 69.8 Å². The number of methoxy groups -OCH3 is 1. The quantitative estimate of drug-likeness (QED) is 0.196. The van der Waals surface area contributed by atoms with Crippen molar-refractivity contribution in [3.05, 3.63) is 97.7 Å². The van der Waals surface area contributed by atoms with Crippen LogP contribution in [0.5, 0.6) is 5.75 Å². The van der Waals surface area contributed by atoms with Gasteiger partial charge in [0.2, 0.25) is 11.7 Å². The van der Waals surface area contributed by atoms with E-state index in [-0.39, 0.29) is 70.1 Å². The van der Waals surface area contributed by atoms with E-state index in [4.69, 9.17) is 16.3 Å². The number of halogens is 5. The fourth-order valence-corrected chi connectivity index (χ4v) is 8.75. The number of hydrogen-bond acceptors (Lipinski definition) is 10. The van der Waals surface area contributed by atoms with Crippen LogP contribution in [0.2, 0.25) is 5.02 Å². The lowest BCUT2D eigenvalue weighted by atomic mass is 9.73. The van der Waals surface area contributed by atoms with E-state index in [1.807, 2.05) is 6.92 Å². The standard InChI is InChI=1S/C39H38ClF4N9O5/c1-20-14-38(8-10-51(11-9-38)36(57)31-33(55)21(2)45-19-46-31)30-32(20)52(18-29(54)47-28-7-5-23(13-26(28)40)39(42,43)44)37-48-34(49-53(37)35(30)56)25-6-4-22(12-27(25)41)15-50-16-24(17-50)58-3/h4-7,12-13,19-20,24,55H,8-11,14-18H2,1-3H3,(H,47,54). The number of carbonyl (C=O) groups is 2. The normalized spacial score (nSPS) is 18.1. The maximum absolute atomic E-state index is 15.8. The summed E-state index contributed by atoms with van der Waals surface area (Å²) in [5.74, 6) is -2.49. The predicted octanol–water partition coefficient (Wildman–Crippen LogP) is 5.32. The van der Waals surface area contributed by atoms with E-state index in [0.29, 0.717) is 43.1 Å². The molecule has 2 aromatic carbocycles. The molecule has 2 N–H and O–H groups in total. The number of hydrogen-bond donors (Lipinski definition) is 2.